The van der Waals surface area contributed by atoms with Crippen molar-refractivity contribution >= 4 is 16.7 Å². The van der Waals surface area contributed by atoms with Crippen LogP contribution in [0.15, 0.2) is 36.4 Å². The van der Waals surface area contributed by atoms with E-state index in [9.17, 15) is 4.79 Å². The zero-order chi connectivity index (χ0) is 15.5. The van der Waals surface area contributed by atoms with E-state index in [-0.39, 0.29) is 5.91 Å². The van der Waals surface area contributed by atoms with Gasteiger partial charge < -0.3 is 5.73 Å². The first-order valence-corrected chi connectivity index (χ1v) is 8.15. The number of amides is 1. The van der Waals surface area contributed by atoms with Gasteiger partial charge in [-0.3, -0.25) is 9.69 Å². The Hall–Kier alpha value is -1.87. The van der Waals surface area contributed by atoms with E-state index in [4.69, 9.17) is 5.73 Å². The molecule has 2 N–H and O–H groups in total. The zero-order valence-electron chi connectivity index (χ0n) is 13.2. The van der Waals surface area contributed by atoms with Gasteiger partial charge in [0.2, 0.25) is 5.91 Å². The van der Waals surface area contributed by atoms with Gasteiger partial charge in [-0.25, -0.2) is 0 Å². The van der Waals surface area contributed by atoms with Crippen LogP contribution in [0.4, 0.5) is 0 Å². The van der Waals surface area contributed by atoms with E-state index in [0.717, 1.165) is 19.5 Å². The number of likely N-dealkylation sites (tertiary alicyclic amines) is 1. The number of primary amides is 1. The van der Waals surface area contributed by atoms with Gasteiger partial charge in [-0.1, -0.05) is 42.8 Å². The van der Waals surface area contributed by atoms with Gasteiger partial charge in [-0.15, -0.1) is 0 Å². The predicted molar refractivity (Wildman–Crippen MR) is 90.5 cm³/mol. The summed E-state index contributed by atoms with van der Waals surface area (Å²) in [6, 6.07) is 13.2. The van der Waals surface area contributed by atoms with Crippen LogP contribution < -0.4 is 5.73 Å². The van der Waals surface area contributed by atoms with Crippen LogP contribution in [-0.2, 0) is 11.3 Å². The molecule has 22 heavy (non-hydrogen) atoms. The molecule has 0 radical (unpaired) electrons. The highest BCUT2D eigenvalue weighted by atomic mass is 16.1. The standard InChI is InChI=1S/C19H24N2O/c1-14-9-10-15-6-2-3-8-17(15)18(14)13-21-11-5-4-7-16(21)12-19(20)22/h2-3,6,8-10,16H,4-5,7,11-13H2,1H3,(H2,20,22)/t16-/m1/s1. The monoisotopic (exact) mass is 296 g/mol. The first-order chi connectivity index (χ1) is 10.6. The van der Waals surface area contributed by atoms with Crippen molar-refractivity contribution in [2.45, 2.75) is 45.2 Å². The van der Waals surface area contributed by atoms with Crippen molar-refractivity contribution in [1.29, 1.82) is 0 Å². The Morgan fingerprint density at radius 2 is 2.05 bits per heavy atom. The maximum atomic E-state index is 11.3. The Kier molecular flexibility index (Phi) is 4.44. The van der Waals surface area contributed by atoms with Crippen molar-refractivity contribution in [2.24, 2.45) is 5.73 Å². The summed E-state index contributed by atoms with van der Waals surface area (Å²) in [5.74, 6) is -0.188. The van der Waals surface area contributed by atoms with E-state index in [1.54, 1.807) is 0 Å². The molecular formula is C19H24N2O. The van der Waals surface area contributed by atoms with E-state index >= 15 is 0 Å². The smallest absolute Gasteiger partial charge is 0.218 e. The van der Waals surface area contributed by atoms with E-state index in [1.807, 2.05) is 0 Å². The lowest BCUT2D eigenvalue weighted by atomic mass is 9.95. The van der Waals surface area contributed by atoms with Gasteiger partial charge in [0.05, 0.1) is 0 Å². The Labute approximate surface area is 132 Å². The number of nitrogens with two attached hydrogens (primary N) is 1. The highest BCUT2D eigenvalue weighted by Gasteiger charge is 2.24. The average molecular weight is 296 g/mol. The molecular weight excluding hydrogens is 272 g/mol. The SMILES string of the molecule is Cc1ccc2ccccc2c1CN1CCCC[C@@H]1CC(N)=O. The number of nitrogens with zero attached hydrogens (tertiary/aromatic N) is 1. The van der Waals surface area contributed by atoms with E-state index in [1.165, 1.54) is 34.7 Å². The van der Waals surface area contributed by atoms with Gasteiger partial charge in [0.1, 0.15) is 0 Å². The van der Waals surface area contributed by atoms with E-state index in [2.05, 4.69) is 48.2 Å². The molecule has 1 amide bonds. The van der Waals surface area contributed by atoms with Crippen molar-refractivity contribution in [3.05, 3.63) is 47.5 Å². The van der Waals surface area contributed by atoms with Crippen molar-refractivity contribution in [3.63, 3.8) is 0 Å². The lowest BCUT2D eigenvalue weighted by molar-refractivity contribution is -0.119. The normalized spacial score (nSPS) is 19.4. The average Bonchev–Trinajstić information content (AvgIpc) is 2.51. The summed E-state index contributed by atoms with van der Waals surface area (Å²) in [5.41, 5.74) is 8.14. The molecule has 0 unspecified atom stereocenters. The quantitative estimate of drug-likeness (QED) is 0.940. The number of carbonyl (C=O) groups excluding carboxylic acids is 1. The van der Waals surface area contributed by atoms with Crippen LogP contribution in [0.3, 0.4) is 0 Å². The molecule has 3 heteroatoms. The second-order valence-electron chi connectivity index (χ2n) is 6.37. The van der Waals surface area contributed by atoms with Gasteiger partial charge in [0.25, 0.3) is 0 Å². The summed E-state index contributed by atoms with van der Waals surface area (Å²) < 4.78 is 0. The first-order valence-electron chi connectivity index (χ1n) is 8.15. The maximum Gasteiger partial charge on any atom is 0.218 e. The van der Waals surface area contributed by atoms with Gasteiger partial charge in [0, 0.05) is 19.0 Å². The second kappa shape index (κ2) is 6.49. The third kappa shape index (κ3) is 3.14. The van der Waals surface area contributed by atoms with Crippen molar-refractivity contribution in [1.82, 2.24) is 4.90 Å². The summed E-state index contributed by atoms with van der Waals surface area (Å²) in [6.07, 6.45) is 3.96. The Bertz CT molecular complexity index is 680. The number of hydrogen-bond donors (Lipinski definition) is 1. The molecule has 0 spiro atoms. The molecule has 1 aliphatic heterocycles. The summed E-state index contributed by atoms with van der Waals surface area (Å²) >= 11 is 0. The minimum absolute atomic E-state index is 0.188. The van der Waals surface area contributed by atoms with Crippen molar-refractivity contribution < 1.29 is 4.79 Å². The van der Waals surface area contributed by atoms with Crippen LogP contribution >= 0.6 is 0 Å². The van der Waals surface area contributed by atoms with Crippen LogP contribution in [-0.4, -0.2) is 23.4 Å². The lowest BCUT2D eigenvalue weighted by Crippen LogP contribution is -2.41. The van der Waals surface area contributed by atoms with Crippen LogP contribution in [0.1, 0.15) is 36.8 Å². The molecule has 116 valence electrons. The number of aryl methyl sites for hydroxylation is 1. The summed E-state index contributed by atoms with van der Waals surface area (Å²) in [7, 11) is 0. The molecule has 1 aliphatic rings. The topological polar surface area (TPSA) is 46.3 Å². The van der Waals surface area contributed by atoms with Crippen molar-refractivity contribution in [2.75, 3.05) is 6.54 Å². The zero-order valence-corrected chi connectivity index (χ0v) is 13.2. The van der Waals surface area contributed by atoms with Gasteiger partial charge >= 0.3 is 0 Å². The largest absolute Gasteiger partial charge is 0.370 e. The molecule has 3 nitrogen and oxygen atoms in total. The fourth-order valence-electron chi connectivity index (χ4n) is 3.59. The number of rotatable bonds is 4. The second-order valence-corrected chi connectivity index (χ2v) is 6.37. The number of benzene rings is 2. The highest BCUT2D eigenvalue weighted by Crippen LogP contribution is 2.27. The number of hydrogen-bond acceptors (Lipinski definition) is 2. The van der Waals surface area contributed by atoms with Crippen LogP contribution in [0.25, 0.3) is 10.8 Å². The lowest BCUT2D eigenvalue weighted by Gasteiger charge is -2.35. The minimum Gasteiger partial charge on any atom is -0.370 e. The number of carbonyl (C=O) groups is 1. The molecule has 0 bridgehead atoms. The minimum atomic E-state index is -0.188. The third-order valence-electron chi connectivity index (χ3n) is 4.82. The number of fused-ring (bicyclic) bond motifs is 1. The summed E-state index contributed by atoms with van der Waals surface area (Å²) in [5, 5.41) is 2.61. The Morgan fingerprint density at radius 3 is 2.86 bits per heavy atom. The fraction of sp³-hybridized carbons (Fsp3) is 0.421. The summed E-state index contributed by atoms with van der Waals surface area (Å²) in [4.78, 5) is 13.8. The molecule has 1 atom stereocenters. The molecule has 2 aromatic rings. The maximum absolute atomic E-state index is 11.3. The molecule has 0 aliphatic carbocycles. The summed E-state index contributed by atoms with van der Waals surface area (Å²) in [6.45, 7) is 4.14. The van der Waals surface area contributed by atoms with E-state index in [0.29, 0.717) is 12.5 Å². The predicted octanol–water partition coefficient (Wildman–Crippen LogP) is 3.38. The molecule has 1 saturated heterocycles. The Balaban J connectivity index is 1.91. The Morgan fingerprint density at radius 1 is 1.23 bits per heavy atom. The molecule has 1 fully saturated rings. The molecule has 0 saturated carbocycles. The van der Waals surface area contributed by atoms with Crippen LogP contribution in [0.5, 0.6) is 0 Å². The van der Waals surface area contributed by atoms with E-state index < -0.39 is 0 Å². The van der Waals surface area contributed by atoms with Gasteiger partial charge in [0.15, 0.2) is 0 Å². The van der Waals surface area contributed by atoms with Crippen LogP contribution in [0, 0.1) is 6.92 Å². The van der Waals surface area contributed by atoms with Gasteiger partial charge in [-0.2, -0.15) is 0 Å². The molecule has 0 aromatic heterocycles. The molecule has 1 heterocycles. The van der Waals surface area contributed by atoms with Gasteiger partial charge in [-0.05, 0) is 48.2 Å². The first kappa shape index (κ1) is 15.0. The van der Waals surface area contributed by atoms with Crippen molar-refractivity contribution in [3.8, 4) is 0 Å². The highest BCUT2D eigenvalue weighted by molar-refractivity contribution is 5.86. The van der Waals surface area contributed by atoms with Crippen LogP contribution in [0.2, 0.25) is 0 Å². The number of piperidine rings is 1. The molecule has 3 rings (SSSR count). The molecule has 2 aromatic carbocycles. The third-order valence-corrected chi connectivity index (χ3v) is 4.82. The fourth-order valence-corrected chi connectivity index (χ4v) is 3.59.